The molecule has 1 atom stereocenters. The van der Waals surface area contributed by atoms with E-state index in [4.69, 9.17) is 10.8 Å². The summed E-state index contributed by atoms with van der Waals surface area (Å²) in [4.78, 5) is 4.45. The van der Waals surface area contributed by atoms with Crippen molar-refractivity contribution in [1.29, 1.82) is 0 Å². The number of pyridine rings is 1. The van der Waals surface area contributed by atoms with Gasteiger partial charge in [0.15, 0.2) is 0 Å². The van der Waals surface area contributed by atoms with Crippen LogP contribution in [-0.2, 0) is 0 Å². The van der Waals surface area contributed by atoms with Gasteiger partial charge in [0.2, 0.25) is 0 Å². The van der Waals surface area contributed by atoms with Crippen LogP contribution in [0.2, 0.25) is 0 Å². The fourth-order valence-corrected chi connectivity index (χ4v) is 2.04. The Hall–Kier alpha value is -1.14. The summed E-state index contributed by atoms with van der Waals surface area (Å²) in [6, 6.07) is 4.86. The standard InChI is InChI=1S/C14H18FN3O.2ClH/c1-8-12(15)4-3-10-7-11(9(2)16)14(17-5-6-19)18-13(8)10;;/h3-4,7,9,19H,5-6,16H2,1-2H3,(H,17,18);2*1H/t9-;;/m0../s1. The molecule has 0 saturated carbocycles. The highest BCUT2D eigenvalue weighted by atomic mass is 35.5. The zero-order chi connectivity index (χ0) is 14.0. The quantitative estimate of drug-likeness (QED) is 0.803. The molecule has 0 bridgehead atoms. The van der Waals surface area contributed by atoms with Crippen LogP contribution in [0.1, 0.15) is 24.1 Å². The first-order chi connectivity index (χ1) is 9.04. The smallest absolute Gasteiger partial charge is 0.131 e. The van der Waals surface area contributed by atoms with Crippen molar-refractivity contribution in [3.8, 4) is 0 Å². The van der Waals surface area contributed by atoms with Gasteiger partial charge in [0.25, 0.3) is 0 Å². The number of aromatic nitrogens is 1. The first kappa shape index (κ1) is 19.9. The number of benzene rings is 1. The van der Waals surface area contributed by atoms with Crippen molar-refractivity contribution < 1.29 is 9.50 Å². The number of nitrogens with two attached hydrogens (primary N) is 1. The second-order valence-electron chi connectivity index (χ2n) is 4.61. The second-order valence-corrected chi connectivity index (χ2v) is 4.61. The van der Waals surface area contributed by atoms with Crippen LogP contribution in [-0.4, -0.2) is 23.2 Å². The molecule has 2 aromatic rings. The van der Waals surface area contributed by atoms with E-state index in [0.29, 0.717) is 23.4 Å². The summed E-state index contributed by atoms with van der Waals surface area (Å²) in [5.41, 5.74) is 7.91. The van der Waals surface area contributed by atoms with Gasteiger partial charge in [-0.3, -0.25) is 0 Å². The van der Waals surface area contributed by atoms with E-state index in [-0.39, 0.29) is 43.3 Å². The van der Waals surface area contributed by atoms with Gasteiger partial charge in [0, 0.05) is 29.1 Å². The third-order valence-electron chi connectivity index (χ3n) is 3.10. The summed E-state index contributed by atoms with van der Waals surface area (Å²) in [6.07, 6.45) is 0. The summed E-state index contributed by atoms with van der Waals surface area (Å²) < 4.78 is 13.6. The maximum atomic E-state index is 13.6. The Morgan fingerprint density at radius 3 is 2.62 bits per heavy atom. The van der Waals surface area contributed by atoms with Crippen LogP contribution in [0.3, 0.4) is 0 Å². The maximum absolute atomic E-state index is 13.6. The molecule has 2 rings (SSSR count). The number of aliphatic hydroxyl groups excluding tert-OH is 1. The van der Waals surface area contributed by atoms with Gasteiger partial charge < -0.3 is 16.2 Å². The van der Waals surface area contributed by atoms with Crippen LogP contribution in [0.15, 0.2) is 18.2 Å². The average Bonchev–Trinajstić information content (AvgIpc) is 2.40. The highest BCUT2D eigenvalue weighted by molar-refractivity contribution is 5.86. The number of nitrogens with one attached hydrogen (secondary N) is 1. The molecule has 0 amide bonds. The fourth-order valence-electron chi connectivity index (χ4n) is 2.04. The maximum Gasteiger partial charge on any atom is 0.131 e. The summed E-state index contributed by atoms with van der Waals surface area (Å²) in [6.45, 7) is 3.95. The monoisotopic (exact) mass is 335 g/mol. The van der Waals surface area contributed by atoms with E-state index in [1.165, 1.54) is 6.07 Å². The average molecular weight is 336 g/mol. The van der Waals surface area contributed by atoms with Gasteiger partial charge in [0.1, 0.15) is 11.6 Å². The van der Waals surface area contributed by atoms with Crippen LogP contribution in [0.5, 0.6) is 0 Å². The molecule has 1 heterocycles. The topological polar surface area (TPSA) is 71.2 Å². The van der Waals surface area contributed by atoms with E-state index in [9.17, 15) is 4.39 Å². The van der Waals surface area contributed by atoms with Crippen molar-refractivity contribution in [2.45, 2.75) is 19.9 Å². The van der Waals surface area contributed by atoms with Crippen LogP contribution in [0.4, 0.5) is 10.2 Å². The predicted octanol–water partition coefficient (Wildman–Crippen LogP) is 2.95. The second kappa shape index (κ2) is 8.34. The number of fused-ring (bicyclic) bond motifs is 1. The normalized spacial score (nSPS) is 11.5. The SMILES string of the molecule is Cc1c(F)ccc2cc([C@H](C)N)c(NCCO)nc12.Cl.Cl. The lowest BCUT2D eigenvalue weighted by molar-refractivity contribution is 0.311. The van der Waals surface area contributed by atoms with Gasteiger partial charge in [0.05, 0.1) is 12.1 Å². The first-order valence-electron chi connectivity index (χ1n) is 6.24. The molecule has 0 aliphatic rings. The molecule has 118 valence electrons. The van der Waals surface area contributed by atoms with Crippen molar-refractivity contribution in [3.05, 3.63) is 35.1 Å². The molecule has 0 aliphatic carbocycles. The summed E-state index contributed by atoms with van der Waals surface area (Å²) in [7, 11) is 0. The molecule has 0 aliphatic heterocycles. The molecule has 0 unspecified atom stereocenters. The molecule has 1 aromatic heterocycles. The molecule has 7 heteroatoms. The number of hydrogen-bond acceptors (Lipinski definition) is 4. The summed E-state index contributed by atoms with van der Waals surface area (Å²) in [5.74, 6) is 0.326. The number of aliphatic hydroxyl groups is 1. The number of nitrogens with zero attached hydrogens (tertiary/aromatic N) is 1. The molecule has 0 spiro atoms. The molecular weight excluding hydrogens is 316 g/mol. The summed E-state index contributed by atoms with van der Waals surface area (Å²) >= 11 is 0. The third-order valence-corrected chi connectivity index (χ3v) is 3.10. The fraction of sp³-hybridized carbons (Fsp3) is 0.357. The molecule has 21 heavy (non-hydrogen) atoms. The van der Waals surface area contributed by atoms with Gasteiger partial charge in [-0.1, -0.05) is 0 Å². The number of rotatable bonds is 4. The van der Waals surface area contributed by atoms with E-state index in [1.54, 1.807) is 13.0 Å². The van der Waals surface area contributed by atoms with Crippen molar-refractivity contribution in [3.63, 3.8) is 0 Å². The van der Waals surface area contributed by atoms with E-state index >= 15 is 0 Å². The Morgan fingerprint density at radius 2 is 2.05 bits per heavy atom. The van der Waals surface area contributed by atoms with Crippen LogP contribution in [0, 0.1) is 12.7 Å². The van der Waals surface area contributed by atoms with E-state index in [2.05, 4.69) is 10.3 Å². The molecule has 4 nitrogen and oxygen atoms in total. The minimum absolute atomic E-state index is 0. The van der Waals surface area contributed by atoms with Crippen molar-refractivity contribution in [2.24, 2.45) is 5.73 Å². The number of anilines is 1. The largest absolute Gasteiger partial charge is 0.395 e. The van der Waals surface area contributed by atoms with Gasteiger partial charge in [-0.25, -0.2) is 9.37 Å². The predicted molar refractivity (Wildman–Crippen MR) is 89.1 cm³/mol. The Kier molecular flexibility index (Phi) is 7.89. The van der Waals surface area contributed by atoms with Gasteiger partial charge in [-0.15, -0.1) is 24.8 Å². The van der Waals surface area contributed by atoms with Gasteiger partial charge in [-0.05, 0) is 32.0 Å². The minimum Gasteiger partial charge on any atom is -0.395 e. The van der Waals surface area contributed by atoms with Crippen LogP contribution < -0.4 is 11.1 Å². The number of halogens is 3. The lowest BCUT2D eigenvalue weighted by atomic mass is 10.0. The van der Waals surface area contributed by atoms with Crippen molar-refractivity contribution >= 4 is 41.5 Å². The van der Waals surface area contributed by atoms with E-state index in [1.807, 2.05) is 13.0 Å². The van der Waals surface area contributed by atoms with E-state index in [0.717, 1.165) is 10.9 Å². The van der Waals surface area contributed by atoms with Crippen LogP contribution >= 0.6 is 24.8 Å². The Balaban J connectivity index is 0.00000200. The molecule has 1 aromatic carbocycles. The molecule has 0 fully saturated rings. The molecule has 0 saturated heterocycles. The summed E-state index contributed by atoms with van der Waals surface area (Å²) in [5, 5.41) is 12.8. The highest BCUT2D eigenvalue weighted by Crippen LogP contribution is 2.27. The van der Waals surface area contributed by atoms with Crippen LogP contribution in [0.25, 0.3) is 10.9 Å². The van der Waals surface area contributed by atoms with Gasteiger partial charge >= 0.3 is 0 Å². The molecule has 4 N–H and O–H groups in total. The van der Waals surface area contributed by atoms with Crippen molar-refractivity contribution in [2.75, 3.05) is 18.5 Å². The number of aryl methyl sites for hydroxylation is 1. The van der Waals surface area contributed by atoms with Gasteiger partial charge in [-0.2, -0.15) is 0 Å². The van der Waals surface area contributed by atoms with E-state index < -0.39 is 0 Å². The zero-order valence-electron chi connectivity index (χ0n) is 11.9. The van der Waals surface area contributed by atoms with Crippen molar-refractivity contribution in [1.82, 2.24) is 4.98 Å². The molecule has 0 radical (unpaired) electrons. The zero-order valence-corrected chi connectivity index (χ0v) is 13.5. The highest BCUT2D eigenvalue weighted by Gasteiger charge is 2.12. The minimum atomic E-state index is -0.276. The lowest BCUT2D eigenvalue weighted by Crippen LogP contribution is -2.14. The Bertz CT molecular complexity index is 608. The lowest BCUT2D eigenvalue weighted by Gasteiger charge is -2.15. The third kappa shape index (κ3) is 4.17. The first-order valence-corrected chi connectivity index (χ1v) is 6.24. The number of hydrogen-bond donors (Lipinski definition) is 3. The Morgan fingerprint density at radius 1 is 1.38 bits per heavy atom. The molecular formula is C14H20Cl2FN3O. The Labute approximate surface area is 135 Å².